The quantitative estimate of drug-likeness (QED) is 0.574. The fourth-order valence-corrected chi connectivity index (χ4v) is 3.87. The highest BCUT2D eigenvalue weighted by molar-refractivity contribution is 5.74. The molecule has 2 aliphatic rings. The fraction of sp³-hybridized carbons (Fsp3) is 0.174. The highest BCUT2D eigenvalue weighted by atomic mass is 16.5. The highest BCUT2D eigenvalue weighted by Crippen LogP contribution is 2.25. The summed E-state index contributed by atoms with van der Waals surface area (Å²) in [7, 11) is 0. The largest absolute Gasteiger partial charge is 0.378 e. The lowest BCUT2D eigenvalue weighted by Crippen LogP contribution is -2.36. The number of aromatic nitrogens is 3. The molecule has 2 aromatic carbocycles. The van der Waals surface area contributed by atoms with Gasteiger partial charge in [0, 0.05) is 60.0 Å². The average molecular weight is 396 g/mol. The number of ether oxygens (including phenoxy) is 1. The molecule has 0 spiro atoms. The fourth-order valence-electron chi connectivity index (χ4n) is 3.87. The van der Waals surface area contributed by atoms with Crippen molar-refractivity contribution in [3.05, 3.63) is 71.6 Å². The van der Waals surface area contributed by atoms with Gasteiger partial charge in [0.15, 0.2) is 11.5 Å². The molecule has 1 saturated heterocycles. The van der Waals surface area contributed by atoms with Crippen LogP contribution in [0, 0.1) is 0 Å². The molecule has 7 heteroatoms. The number of benzene rings is 2. The first kappa shape index (κ1) is 17.2. The number of fused-ring (bicyclic) bond motifs is 2. The smallest absolute Gasteiger partial charge is 0.180 e. The van der Waals surface area contributed by atoms with Gasteiger partial charge in [-0.25, -0.2) is 9.97 Å². The number of rotatable bonds is 4. The van der Waals surface area contributed by atoms with E-state index in [4.69, 9.17) is 9.72 Å². The molecule has 2 aliphatic heterocycles. The number of hydrogen-bond acceptors (Lipinski definition) is 6. The molecule has 0 unspecified atom stereocenters. The van der Waals surface area contributed by atoms with Crippen molar-refractivity contribution >= 4 is 29.0 Å². The Morgan fingerprint density at radius 2 is 1.87 bits per heavy atom. The Kier molecular flexibility index (Phi) is 3.99. The maximum Gasteiger partial charge on any atom is 0.180 e. The van der Waals surface area contributed by atoms with Crippen LogP contribution in [0.15, 0.2) is 66.0 Å². The second-order valence-corrected chi connectivity index (χ2v) is 7.44. The van der Waals surface area contributed by atoms with E-state index in [1.54, 1.807) is 6.20 Å². The summed E-state index contributed by atoms with van der Waals surface area (Å²) in [5.74, 6) is 0.725. The van der Waals surface area contributed by atoms with Crippen LogP contribution in [0.25, 0.3) is 23.1 Å². The van der Waals surface area contributed by atoms with E-state index in [0.717, 1.165) is 60.1 Å². The average Bonchev–Trinajstić information content (AvgIpc) is 3.25. The first-order valence-corrected chi connectivity index (χ1v) is 10.1. The number of nitrogens with one attached hydrogen (secondary N) is 1. The monoisotopic (exact) mass is 396 g/mol. The van der Waals surface area contributed by atoms with E-state index in [1.165, 1.54) is 10.9 Å². The van der Waals surface area contributed by atoms with Crippen LogP contribution < -0.4 is 20.8 Å². The molecule has 0 amide bonds. The summed E-state index contributed by atoms with van der Waals surface area (Å²) >= 11 is 0. The van der Waals surface area contributed by atoms with Gasteiger partial charge in [0.25, 0.3) is 0 Å². The van der Waals surface area contributed by atoms with E-state index in [2.05, 4.69) is 62.7 Å². The van der Waals surface area contributed by atoms with Gasteiger partial charge in [-0.05, 0) is 30.3 Å². The molecule has 4 heterocycles. The maximum atomic E-state index is 5.44. The van der Waals surface area contributed by atoms with Gasteiger partial charge >= 0.3 is 0 Å². The standard InChI is InChI=1S/C23H20N6O/c1-2-17-14-25-20(17)13-16(1)21-15-29-8-7-24-23(29)22(27-21)26-18-3-5-19(6-4-18)28-9-11-30-12-10-28/h1-8,13-15H,9-12H2,(H,26,27). The van der Waals surface area contributed by atoms with Gasteiger partial charge in [0.2, 0.25) is 0 Å². The van der Waals surface area contributed by atoms with Crippen LogP contribution >= 0.6 is 0 Å². The number of nitrogens with zero attached hydrogens (tertiary/aromatic N) is 5. The molecule has 148 valence electrons. The second-order valence-electron chi connectivity index (χ2n) is 7.44. The van der Waals surface area contributed by atoms with Crippen molar-refractivity contribution in [1.29, 1.82) is 0 Å². The Hall–Kier alpha value is -3.71. The van der Waals surface area contributed by atoms with Gasteiger partial charge in [-0.15, -0.1) is 0 Å². The van der Waals surface area contributed by atoms with Crippen molar-refractivity contribution < 1.29 is 4.74 Å². The predicted molar refractivity (Wildman–Crippen MR) is 116 cm³/mol. The zero-order valence-corrected chi connectivity index (χ0v) is 16.3. The summed E-state index contributed by atoms with van der Waals surface area (Å²) in [5.41, 5.74) is 4.88. The minimum absolute atomic E-state index is 0.725. The summed E-state index contributed by atoms with van der Waals surface area (Å²) in [6.45, 7) is 3.41. The molecule has 0 radical (unpaired) electrons. The summed E-state index contributed by atoms with van der Waals surface area (Å²) < 4.78 is 7.44. The van der Waals surface area contributed by atoms with E-state index >= 15 is 0 Å². The van der Waals surface area contributed by atoms with Gasteiger partial charge < -0.3 is 19.4 Å². The van der Waals surface area contributed by atoms with E-state index in [-0.39, 0.29) is 0 Å². The van der Waals surface area contributed by atoms with Crippen LogP contribution in [-0.4, -0.2) is 40.7 Å². The molecule has 7 nitrogen and oxygen atoms in total. The zero-order valence-electron chi connectivity index (χ0n) is 16.3. The molecule has 0 aliphatic carbocycles. The van der Waals surface area contributed by atoms with Crippen LogP contribution in [0.3, 0.4) is 0 Å². The van der Waals surface area contributed by atoms with Gasteiger partial charge in [-0.3, -0.25) is 4.99 Å². The van der Waals surface area contributed by atoms with Crippen molar-refractivity contribution in [2.24, 2.45) is 4.99 Å². The topological polar surface area (TPSA) is 67.0 Å². The van der Waals surface area contributed by atoms with Crippen LogP contribution in [0.2, 0.25) is 0 Å². The van der Waals surface area contributed by atoms with Gasteiger partial charge in [0.05, 0.1) is 24.3 Å². The summed E-state index contributed by atoms with van der Waals surface area (Å²) in [6.07, 6.45) is 7.60. The van der Waals surface area contributed by atoms with Crippen molar-refractivity contribution in [1.82, 2.24) is 14.4 Å². The van der Waals surface area contributed by atoms with Crippen molar-refractivity contribution in [2.45, 2.75) is 0 Å². The number of morpholine rings is 1. The maximum absolute atomic E-state index is 5.44. The molecule has 2 aromatic heterocycles. The predicted octanol–water partition coefficient (Wildman–Crippen LogP) is 2.35. The Labute approximate surface area is 173 Å². The second kappa shape index (κ2) is 6.96. The van der Waals surface area contributed by atoms with Gasteiger partial charge in [-0.1, -0.05) is 12.1 Å². The van der Waals surface area contributed by atoms with Crippen LogP contribution in [0.1, 0.15) is 0 Å². The minimum Gasteiger partial charge on any atom is -0.378 e. The lowest BCUT2D eigenvalue weighted by atomic mass is 10.1. The molecule has 6 rings (SSSR count). The summed E-state index contributed by atoms with van der Waals surface area (Å²) in [6, 6.07) is 14.7. The van der Waals surface area contributed by atoms with Crippen LogP contribution in [0.4, 0.5) is 17.2 Å². The third kappa shape index (κ3) is 3.00. The normalized spacial score (nSPS) is 15.1. The lowest BCUT2D eigenvalue weighted by molar-refractivity contribution is 0.122. The molecule has 30 heavy (non-hydrogen) atoms. The van der Waals surface area contributed by atoms with Crippen molar-refractivity contribution in [3.63, 3.8) is 0 Å². The highest BCUT2D eigenvalue weighted by Gasteiger charge is 2.13. The van der Waals surface area contributed by atoms with Crippen LogP contribution in [-0.2, 0) is 4.74 Å². The Balaban J connectivity index is 1.33. The van der Waals surface area contributed by atoms with Crippen molar-refractivity contribution in [3.8, 4) is 11.3 Å². The van der Waals surface area contributed by atoms with Crippen molar-refractivity contribution in [2.75, 3.05) is 36.5 Å². The van der Waals surface area contributed by atoms with E-state index in [0.29, 0.717) is 0 Å². The SMILES string of the molecule is C1=c2ccc(-c3cn4ccnc4c(Nc4ccc(N5CCOCC5)cc4)n3)cc2=N1. The molecular weight excluding hydrogens is 376 g/mol. The van der Waals surface area contributed by atoms with Crippen LogP contribution in [0.5, 0.6) is 0 Å². The first-order valence-electron chi connectivity index (χ1n) is 10.1. The molecule has 0 atom stereocenters. The van der Waals surface area contributed by atoms with E-state index in [1.807, 2.05) is 23.0 Å². The Bertz CT molecular complexity index is 1350. The molecule has 1 N–H and O–H groups in total. The van der Waals surface area contributed by atoms with Gasteiger partial charge in [-0.2, -0.15) is 0 Å². The Morgan fingerprint density at radius 3 is 2.63 bits per heavy atom. The number of anilines is 3. The number of hydrogen-bond donors (Lipinski definition) is 1. The summed E-state index contributed by atoms with van der Waals surface area (Å²) in [4.78, 5) is 16.0. The summed E-state index contributed by atoms with van der Waals surface area (Å²) in [5, 5.41) is 5.62. The van der Waals surface area contributed by atoms with Gasteiger partial charge in [0.1, 0.15) is 0 Å². The third-order valence-electron chi connectivity index (χ3n) is 5.55. The minimum atomic E-state index is 0.725. The third-order valence-corrected chi connectivity index (χ3v) is 5.55. The van der Waals surface area contributed by atoms with E-state index in [9.17, 15) is 0 Å². The zero-order chi connectivity index (χ0) is 19.9. The molecule has 1 fully saturated rings. The molecular formula is C23H20N6O. The Morgan fingerprint density at radius 1 is 1.00 bits per heavy atom. The molecule has 0 bridgehead atoms. The number of imidazole rings is 1. The van der Waals surface area contributed by atoms with E-state index < -0.39 is 0 Å². The molecule has 0 saturated carbocycles. The lowest BCUT2D eigenvalue weighted by Gasteiger charge is -2.28. The molecule has 4 aromatic rings. The first-order chi connectivity index (χ1) is 14.8.